The normalized spacial score (nSPS) is 31.2. The second kappa shape index (κ2) is 5.86. The summed E-state index contributed by atoms with van der Waals surface area (Å²) in [5.74, 6) is 3.63. The first-order valence-corrected chi connectivity index (χ1v) is 10.5. The van der Waals surface area contributed by atoms with E-state index in [0.29, 0.717) is 23.7 Å². The molecule has 1 N–H and O–H groups in total. The van der Waals surface area contributed by atoms with Crippen molar-refractivity contribution in [3.63, 3.8) is 0 Å². The monoisotopic (exact) mass is 442 g/mol. The Kier molecular flexibility index (Phi) is 3.49. The van der Waals surface area contributed by atoms with E-state index >= 15 is 0 Å². The smallest absolute Gasteiger partial charge is 0.269 e. The molecule has 5 atom stereocenters. The van der Waals surface area contributed by atoms with Crippen molar-refractivity contribution in [2.24, 2.45) is 17.8 Å². The Hall–Kier alpha value is -2.28. The number of non-ortho nitro benzene ring substituents is 1. The lowest BCUT2D eigenvalue weighted by Crippen LogP contribution is -2.35. The van der Waals surface area contributed by atoms with E-state index in [2.05, 4.69) is 27.3 Å². The van der Waals surface area contributed by atoms with Crippen molar-refractivity contribution in [1.82, 2.24) is 0 Å². The van der Waals surface area contributed by atoms with Crippen LogP contribution in [0.2, 0.25) is 0 Å². The van der Waals surface area contributed by atoms with Crippen LogP contribution in [0.1, 0.15) is 42.3 Å². The number of nitrogens with one attached hydrogen (secondary N) is 1. The van der Waals surface area contributed by atoms with E-state index in [9.17, 15) is 10.1 Å². The fourth-order valence-corrected chi connectivity index (χ4v) is 6.64. The molecule has 4 aliphatic rings. The average molecular weight is 443 g/mol. The second-order valence-corrected chi connectivity index (χ2v) is 9.17. The van der Waals surface area contributed by atoms with Crippen molar-refractivity contribution in [3.05, 3.63) is 56.0 Å². The number of anilines is 1. The number of ether oxygens (including phenoxy) is 2. The lowest BCUT2D eigenvalue weighted by molar-refractivity contribution is -0.384. The molecule has 2 aromatic rings. The summed E-state index contributed by atoms with van der Waals surface area (Å²) in [7, 11) is 0. The molecule has 7 heteroatoms. The van der Waals surface area contributed by atoms with Gasteiger partial charge in [-0.1, -0.05) is 15.9 Å². The maximum atomic E-state index is 11.3. The summed E-state index contributed by atoms with van der Waals surface area (Å²) in [4.78, 5) is 11.0. The Morgan fingerprint density at radius 2 is 1.86 bits per heavy atom. The van der Waals surface area contributed by atoms with Crippen LogP contribution in [-0.4, -0.2) is 11.7 Å². The van der Waals surface area contributed by atoms with Gasteiger partial charge < -0.3 is 14.8 Å². The molecule has 0 radical (unpaired) electrons. The van der Waals surface area contributed by atoms with Crippen molar-refractivity contribution in [3.8, 4) is 11.5 Å². The standard InChI is InChI=1S/C21H19BrN2O4/c22-15-8-18-17(27-9-28-18)7-13(15)21-20-11-2-1-10(5-11)19(20)14-6-12(24(25)26)3-4-16(14)23-21/h3-4,6-8,10-11,19-21,23H,1-2,5,9H2/t10-,11-,19-,20+,21+/m0/s1. The summed E-state index contributed by atoms with van der Waals surface area (Å²) in [5, 5.41) is 15.0. The van der Waals surface area contributed by atoms with Crippen LogP contribution in [0.5, 0.6) is 11.5 Å². The van der Waals surface area contributed by atoms with Gasteiger partial charge >= 0.3 is 0 Å². The highest BCUT2D eigenvalue weighted by molar-refractivity contribution is 9.10. The van der Waals surface area contributed by atoms with Crippen molar-refractivity contribution in [2.45, 2.75) is 31.2 Å². The summed E-state index contributed by atoms with van der Waals surface area (Å²) in [6.45, 7) is 0.257. The number of nitrogens with zero attached hydrogens (tertiary/aromatic N) is 1. The van der Waals surface area contributed by atoms with Gasteiger partial charge in [0.2, 0.25) is 6.79 Å². The van der Waals surface area contributed by atoms with Crippen LogP contribution in [0.4, 0.5) is 11.4 Å². The molecule has 0 spiro atoms. The zero-order valence-electron chi connectivity index (χ0n) is 15.1. The first-order valence-electron chi connectivity index (χ1n) is 9.74. The van der Waals surface area contributed by atoms with Crippen LogP contribution in [0, 0.1) is 27.9 Å². The summed E-state index contributed by atoms with van der Waals surface area (Å²) in [6, 6.07) is 9.51. The first-order chi connectivity index (χ1) is 13.6. The molecule has 2 aliphatic carbocycles. The van der Waals surface area contributed by atoms with E-state index in [1.165, 1.54) is 24.8 Å². The lowest BCUT2D eigenvalue weighted by atomic mass is 9.68. The SMILES string of the molecule is O=[N+]([O-])c1ccc2c(c1)[C@@H]1[C@H]3CC[C@@H](C3)[C@H]1[C@@H](c1cc3c(cc1Br)OCO3)N2. The topological polar surface area (TPSA) is 73.6 Å². The maximum absolute atomic E-state index is 11.3. The number of halogens is 1. The molecule has 0 saturated heterocycles. The molecule has 144 valence electrons. The summed E-state index contributed by atoms with van der Waals surface area (Å²) in [5.41, 5.74) is 3.51. The zero-order chi connectivity index (χ0) is 19.0. The molecule has 6 rings (SSSR count). The predicted octanol–water partition coefficient (Wildman–Crippen LogP) is 5.38. The molecule has 2 bridgehead atoms. The number of fused-ring (bicyclic) bond motifs is 8. The maximum Gasteiger partial charge on any atom is 0.269 e. The Morgan fingerprint density at radius 3 is 2.68 bits per heavy atom. The Balaban J connectivity index is 1.49. The van der Waals surface area contributed by atoms with E-state index in [0.717, 1.165) is 27.2 Å². The van der Waals surface area contributed by atoms with Gasteiger partial charge in [0.1, 0.15) is 0 Å². The predicted molar refractivity (Wildman–Crippen MR) is 107 cm³/mol. The molecule has 6 nitrogen and oxygen atoms in total. The Morgan fingerprint density at radius 1 is 1.07 bits per heavy atom. The zero-order valence-corrected chi connectivity index (χ0v) is 16.6. The highest BCUT2D eigenvalue weighted by Gasteiger charge is 2.54. The van der Waals surface area contributed by atoms with Gasteiger partial charge in [-0.15, -0.1) is 0 Å². The highest BCUT2D eigenvalue weighted by atomic mass is 79.9. The third kappa shape index (κ3) is 2.25. The molecule has 2 heterocycles. The van der Waals surface area contributed by atoms with Gasteiger partial charge in [-0.25, -0.2) is 0 Å². The minimum absolute atomic E-state index is 0.151. The molecule has 2 fully saturated rings. The molecular formula is C21H19BrN2O4. The molecule has 0 unspecified atom stereocenters. The van der Waals surface area contributed by atoms with E-state index < -0.39 is 0 Å². The average Bonchev–Trinajstić information content (AvgIpc) is 3.42. The van der Waals surface area contributed by atoms with Crippen LogP contribution in [-0.2, 0) is 0 Å². The summed E-state index contributed by atoms with van der Waals surface area (Å²) in [6.07, 6.45) is 3.69. The Labute approximate surface area is 170 Å². The van der Waals surface area contributed by atoms with Crippen molar-refractivity contribution < 1.29 is 14.4 Å². The number of benzene rings is 2. The molecule has 0 aromatic heterocycles. The van der Waals surface area contributed by atoms with E-state index in [4.69, 9.17) is 9.47 Å². The number of nitro groups is 1. The van der Waals surface area contributed by atoms with Gasteiger partial charge in [0.25, 0.3) is 5.69 Å². The van der Waals surface area contributed by atoms with Gasteiger partial charge in [0.15, 0.2) is 11.5 Å². The quantitative estimate of drug-likeness (QED) is 0.498. The van der Waals surface area contributed by atoms with Crippen LogP contribution < -0.4 is 14.8 Å². The summed E-state index contributed by atoms with van der Waals surface area (Å²) < 4.78 is 12.2. The summed E-state index contributed by atoms with van der Waals surface area (Å²) >= 11 is 3.74. The number of hydrogen-bond acceptors (Lipinski definition) is 5. The van der Waals surface area contributed by atoms with Gasteiger partial charge in [0, 0.05) is 22.3 Å². The van der Waals surface area contributed by atoms with Crippen LogP contribution in [0.15, 0.2) is 34.8 Å². The lowest BCUT2D eigenvalue weighted by Gasteiger charge is -2.43. The molecule has 28 heavy (non-hydrogen) atoms. The third-order valence-electron chi connectivity index (χ3n) is 7.11. The van der Waals surface area contributed by atoms with Gasteiger partial charge in [-0.2, -0.15) is 0 Å². The molecule has 0 amide bonds. The van der Waals surface area contributed by atoms with E-state index in [-0.39, 0.29) is 23.4 Å². The largest absolute Gasteiger partial charge is 0.454 e. The van der Waals surface area contributed by atoms with Crippen LogP contribution >= 0.6 is 15.9 Å². The first kappa shape index (κ1) is 16.7. The Bertz CT molecular complexity index is 1010. The van der Waals surface area contributed by atoms with Gasteiger partial charge in [0.05, 0.1) is 11.0 Å². The fourth-order valence-electron chi connectivity index (χ4n) is 6.07. The van der Waals surface area contributed by atoms with Crippen LogP contribution in [0.3, 0.4) is 0 Å². The van der Waals surface area contributed by atoms with Crippen LogP contribution in [0.25, 0.3) is 0 Å². The number of rotatable bonds is 2. The van der Waals surface area contributed by atoms with Crippen molar-refractivity contribution in [2.75, 3.05) is 12.1 Å². The molecule has 2 aliphatic heterocycles. The van der Waals surface area contributed by atoms with Gasteiger partial charge in [-0.3, -0.25) is 10.1 Å². The van der Waals surface area contributed by atoms with Gasteiger partial charge in [-0.05, 0) is 72.3 Å². The highest BCUT2D eigenvalue weighted by Crippen LogP contribution is 2.64. The minimum Gasteiger partial charge on any atom is -0.454 e. The molecule has 2 saturated carbocycles. The number of hydrogen-bond donors (Lipinski definition) is 1. The van der Waals surface area contributed by atoms with E-state index in [1.807, 2.05) is 12.1 Å². The second-order valence-electron chi connectivity index (χ2n) is 8.31. The van der Waals surface area contributed by atoms with Crippen molar-refractivity contribution >= 4 is 27.3 Å². The molecule has 2 aromatic carbocycles. The van der Waals surface area contributed by atoms with Crippen molar-refractivity contribution in [1.29, 1.82) is 0 Å². The molecular weight excluding hydrogens is 424 g/mol. The number of nitro benzene ring substituents is 1. The third-order valence-corrected chi connectivity index (χ3v) is 7.80. The minimum atomic E-state index is -0.289. The fraction of sp³-hybridized carbons (Fsp3) is 0.429. The van der Waals surface area contributed by atoms with E-state index in [1.54, 1.807) is 12.1 Å².